The van der Waals surface area contributed by atoms with Crippen molar-refractivity contribution in [3.8, 4) is 0 Å². The van der Waals surface area contributed by atoms with Gasteiger partial charge in [-0.3, -0.25) is 0 Å². The minimum atomic E-state index is 0.457. The summed E-state index contributed by atoms with van der Waals surface area (Å²) in [5.74, 6) is 1.49. The summed E-state index contributed by atoms with van der Waals surface area (Å²) in [7, 11) is 0. The van der Waals surface area contributed by atoms with Gasteiger partial charge in [0.2, 0.25) is 0 Å². The number of aromatic nitrogens is 1. The minimum absolute atomic E-state index is 0.457. The molecule has 1 unspecified atom stereocenters. The van der Waals surface area contributed by atoms with Crippen molar-refractivity contribution >= 4 is 23.1 Å². The highest BCUT2D eigenvalue weighted by molar-refractivity contribution is 7.99. The van der Waals surface area contributed by atoms with Crippen molar-refractivity contribution in [2.45, 2.75) is 50.5 Å². The first-order valence-corrected chi connectivity index (χ1v) is 7.86. The monoisotopic (exact) mass is 258 g/mol. The lowest BCUT2D eigenvalue weighted by atomic mass is 10.0. The molecular weight excluding hydrogens is 236 g/mol. The van der Waals surface area contributed by atoms with Gasteiger partial charge < -0.3 is 5.73 Å². The van der Waals surface area contributed by atoms with E-state index in [1.165, 1.54) is 17.1 Å². The highest BCUT2D eigenvalue weighted by atomic mass is 32.2. The Morgan fingerprint density at radius 2 is 2.25 bits per heavy atom. The molecule has 1 aromatic rings. The molecule has 0 saturated carbocycles. The van der Waals surface area contributed by atoms with E-state index in [0.29, 0.717) is 17.7 Å². The lowest BCUT2D eigenvalue weighted by Gasteiger charge is -2.09. The maximum absolute atomic E-state index is 5.78. The lowest BCUT2D eigenvalue weighted by molar-refractivity contribution is 0.609. The van der Waals surface area contributed by atoms with Crippen LogP contribution in [0.3, 0.4) is 0 Å². The molecule has 0 aliphatic carbocycles. The van der Waals surface area contributed by atoms with E-state index in [-0.39, 0.29) is 0 Å². The van der Waals surface area contributed by atoms with Gasteiger partial charge in [-0.05, 0) is 11.7 Å². The summed E-state index contributed by atoms with van der Waals surface area (Å²) >= 11 is 3.72. The fraction of sp³-hybridized carbons (Fsp3) is 0.750. The van der Waals surface area contributed by atoms with E-state index in [0.717, 1.165) is 12.2 Å². The normalized spacial score (nSPS) is 13.3. The summed E-state index contributed by atoms with van der Waals surface area (Å²) in [6, 6.07) is 0. The zero-order valence-electron chi connectivity index (χ0n) is 10.4. The van der Waals surface area contributed by atoms with Crippen LogP contribution in [0.5, 0.6) is 0 Å². The zero-order chi connectivity index (χ0) is 12.0. The highest BCUT2D eigenvalue weighted by Gasteiger charge is 2.12. The molecule has 1 atom stereocenters. The summed E-state index contributed by atoms with van der Waals surface area (Å²) < 4.78 is 0. The maximum Gasteiger partial charge on any atom is 0.103 e. The molecule has 4 heteroatoms. The minimum Gasteiger partial charge on any atom is -0.330 e. The number of rotatable bonds is 7. The fourth-order valence-corrected chi connectivity index (χ4v) is 3.23. The van der Waals surface area contributed by atoms with Gasteiger partial charge in [0.15, 0.2) is 0 Å². The van der Waals surface area contributed by atoms with Crippen LogP contribution < -0.4 is 5.73 Å². The van der Waals surface area contributed by atoms with E-state index >= 15 is 0 Å². The molecule has 0 spiro atoms. The van der Waals surface area contributed by atoms with Gasteiger partial charge in [-0.25, -0.2) is 4.98 Å². The Bertz CT molecular complexity index is 297. The third-order valence-electron chi connectivity index (χ3n) is 2.45. The number of nitrogens with two attached hydrogens (primary N) is 1. The molecule has 16 heavy (non-hydrogen) atoms. The Morgan fingerprint density at radius 3 is 2.81 bits per heavy atom. The lowest BCUT2D eigenvalue weighted by Crippen LogP contribution is -2.12. The molecule has 2 nitrogen and oxygen atoms in total. The van der Waals surface area contributed by atoms with E-state index in [9.17, 15) is 0 Å². The second kappa shape index (κ2) is 7.30. The van der Waals surface area contributed by atoms with Crippen LogP contribution in [0.25, 0.3) is 0 Å². The Kier molecular flexibility index (Phi) is 6.39. The second-order valence-electron chi connectivity index (χ2n) is 4.25. The van der Waals surface area contributed by atoms with Gasteiger partial charge in [0.1, 0.15) is 5.01 Å². The van der Waals surface area contributed by atoms with Gasteiger partial charge in [-0.15, -0.1) is 11.3 Å². The van der Waals surface area contributed by atoms with Gasteiger partial charge in [-0.2, -0.15) is 11.8 Å². The molecule has 0 saturated heterocycles. The Hall–Kier alpha value is -0.0600. The van der Waals surface area contributed by atoms with Gasteiger partial charge in [0.25, 0.3) is 0 Å². The predicted octanol–water partition coefficient (Wildman–Crippen LogP) is 3.63. The number of hydrogen-bond acceptors (Lipinski definition) is 4. The van der Waals surface area contributed by atoms with Crippen LogP contribution in [0.4, 0.5) is 0 Å². The number of thiazole rings is 1. The SMILES string of the molecule is CCCC(CN)c1csc(CSC(C)C)n1. The molecule has 0 bridgehead atoms. The van der Waals surface area contributed by atoms with Crippen molar-refractivity contribution in [3.63, 3.8) is 0 Å². The molecule has 0 aliphatic heterocycles. The quantitative estimate of drug-likeness (QED) is 0.811. The molecule has 0 aliphatic rings. The van der Waals surface area contributed by atoms with Gasteiger partial charge >= 0.3 is 0 Å². The van der Waals surface area contributed by atoms with Crippen molar-refractivity contribution in [1.29, 1.82) is 0 Å². The summed E-state index contributed by atoms with van der Waals surface area (Å²) in [5, 5.41) is 4.10. The topological polar surface area (TPSA) is 38.9 Å². The van der Waals surface area contributed by atoms with E-state index in [1.807, 2.05) is 11.8 Å². The first-order valence-electron chi connectivity index (χ1n) is 5.93. The number of nitrogens with zero attached hydrogens (tertiary/aromatic N) is 1. The Morgan fingerprint density at radius 1 is 1.50 bits per heavy atom. The molecule has 0 aromatic carbocycles. The standard InChI is InChI=1S/C12H22N2S2/c1-4-5-10(6-13)11-7-16-12(14-11)8-15-9(2)3/h7,9-10H,4-6,8,13H2,1-3H3. The molecule has 1 aromatic heterocycles. The van der Waals surface area contributed by atoms with E-state index < -0.39 is 0 Å². The average Bonchev–Trinajstić information content (AvgIpc) is 2.71. The van der Waals surface area contributed by atoms with Crippen molar-refractivity contribution in [3.05, 3.63) is 16.1 Å². The number of hydrogen-bond donors (Lipinski definition) is 1. The highest BCUT2D eigenvalue weighted by Crippen LogP contribution is 2.25. The van der Waals surface area contributed by atoms with Crippen LogP contribution >= 0.6 is 23.1 Å². The van der Waals surface area contributed by atoms with Crippen LogP contribution in [0.2, 0.25) is 0 Å². The third kappa shape index (κ3) is 4.44. The predicted molar refractivity (Wildman–Crippen MR) is 75.2 cm³/mol. The average molecular weight is 258 g/mol. The van der Waals surface area contributed by atoms with Crippen molar-refractivity contribution in [2.75, 3.05) is 6.54 Å². The molecule has 1 rings (SSSR count). The summed E-state index contributed by atoms with van der Waals surface area (Å²) in [6.45, 7) is 7.36. The second-order valence-corrected chi connectivity index (χ2v) is 6.75. The van der Waals surface area contributed by atoms with Crippen LogP contribution in [-0.2, 0) is 5.75 Å². The fourth-order valence-electron chi connectivity index (χ4n) is 1.55. The molecular formula is C12H22N2S2. The summed E-state index contributed by atoms with van der Waals surface area (Å²) in [4.78, 5) is 4.69. The Labute approximate surface area is 107 Å². The molecule has 0 fully saturated rings. The first-order chi connectivity index (χ1) is 7.67. The van der Waals surface area contributed by atoms with Crippen LogP contribution in [0.1, 0.15) is 50.2 Å². The van der Waals surface area contributed by atoms with Crippen LogP contribution in [-0.4, -0.2) is 16.8 Å². The van der Waals surface area contributed by atoms with Crippen molar-refractivity contribution < 1.29 is 0 Å². The van der Waals surface area contributed by atoms with Crippen molar-refractivity contribution in [2.24, 2.45) is 5.73 Å². The molecule has 2 N–H and O–H groups in total. The van der Waals surface area contributed by atoms with Crippen molar-refractivity contribution in [1.82, 2.24) is 4.98 Å². The molecule has 0 amide bonds. The smallest absolute Gasteiger partial charge is 0.103 e. The Balaban J connectivity index is 2.55. The van der Waals surface area contributed by atoms with Crippen LogP contribution in [0.15, 0.2) is 5.38 Å². The van der Waals surface area contributed by atoms with Crippen LogP contribution in [0, 0.1) is 0 Å². The first kappa shape index (κ1) is 14.0. The van der Waals surface area contributed by atoms with E-state index in [1.54, 1.807) is 11.3 Å². The van der Waals surface area contributed by atoms with E-state index in [2.05, 4.69) is 31.1 Å². The third-order valence-corrected chi connectivity index (χ3v) is 4.61. The maximum atomic E-state index is 5.78. The van der Waals surface area contributed by atoms with E-state index in [4.69, 9.17) is 5.73 Å². The largest absolute Gasteiger partial charge is 0.330 e. The summed E-state index contributed by atoms with van der Waals surface area (Å²) in [6.07, 6.45) is 2.33. The number of thioether (sulfide) groups is 1. The van der Waals surface area contributed by atoms with Gasteiger partial charge in [-0.1, -0.05) is 27.2 Å². The summed E-state index contributed by atoms with van der Waals surface area (Å²) in [5.41, 5.74) is 6.98. The zero-order valence-corrected chi connectivity index (χ0v) is 12.0. The molecule has 0 radical (unpaired) electrons. The van der Waals surface area contributed by atoms with Gasteiger partial charge in [0, 0.05) is 23.6 Å². The molecule has 92 valence electrons. The molecule has 1 heterocycles. The van der Waals surface area contributed by atoms with Gasteiger partial charge in [0.05, 0.1) is 5.69 Å².